The summed E-state index contributed by atoms with van der Waals surface area (Å²) in [5.74, 6) is 0.329. The van der Waals surface area contributed by atoms with Crippen LogP contribution in [0.2, 0.25) is 0 Å². The maximum Gasteiger partial charge on any atom is 0.343 e. The minimum atomic E-state index is -0.321. The number of aryl methyl sites for hydroxylation is 1. The number of hydrogen-bond acceptors (Lipinski definition) is 3. The lowest BCUT2D eigenvalue weighted by Gasteiger charge is -2.14. The fourth-order valence-electron chi connectivity index (χ4n) is 3.01. The summed E-state index contributed by atoms with van der Waals surface area (Å²) < 4.78 is 11.5. The van der Waals surface area contributed by atoms with Gasteiger partial charge < -0.3 is 9.47 Å². The normalized spacial score (nSPS) is 12.0. The minimum Gasteiger partial charge on any atom is -0.423 e. The Balaban J connectivity index is 1.91. The van der Waals surface area contributed by atoms with Crippen LogP contribution in [-0.4, -0.2) is 12.6 Å². The van der Waals surface area contributed by atoms with E-state index in [4.69, 9.17) is 9.47 Å². The lowest BCUT2D eigenvalue weighted by atomic mass is 10.1. The van der Waals surface area contributed by atoms with Gasteiger partial charge in [-0.15, -0.1) is 0 Å². The molecular formula is C24H32O3. The molecule has 0 aliphatic heterocycles. The molecule has 3 heteroatoms. The first-order valence-electron chi connectivity index (χ1n) is 10.2. The Morgan fingerprint density at radius 1 is 0.926 bits per heavy atom. The third kappa shape index (κ3) is 6.84. The van der Waals surface area contributed by atoms with Crippen molar-refractivity contribution >= 4 is 5.97 Å². The molecule has 27 heavy (non-hydrogen) atoms. The second-order valence-electron chi connectivity index (χ2n) is 6.94. The van der Waals surface area contributed by atoms with Crippen LogP contribution in [0.4, 0.5) is 0 Å². The smallest absolute Gasteiger partial charge is 0.343 e. The van der Waals surface area contributed by atoms with Gasteiger partial charge in [0.2, 0.25) is 0 Å². The molecule has 0 bridgehead atoms. The summed E-state index contributed by atoms with van der Waals surface area (Å²) in [6.45, 7) is 7.15. The predicted octanol–water partition coefficient (Wildman–Crippen LogP) is 6.52. The molecule has 0 aliphatic carbocycles. The van der Waals surface area contributed by atoms with Crippen molar-refractivity contribution in [1.29, 1.82) is 0 Å². The summed E-state index contributed by atoms with van der Waals surface area (Å²) in [6, 6.07) is 15.3. The third-order valence-corrected chi connectivity index (χ3v) is 4.68. The first-order chi connectivity index (χ1) is 13.2. The zero-order chi connectivity index (χ0) is 19.5. The lowest BCUT2D eigenvalue weighted by molar-refractivity contribution is 0.0626. The zero-order valence-electron chi connectivity index (χ0n) is 16.9. The van der Waals surface area contributed by atoms with E-state index in [0.717, 1.165) is 37.0 Å². The Hall–Kier alpha value is -2.13. The van der Waals surface area contributed by atoms with Crippen LogP contribution >= 0.6 is 0 Å². The molecule has 0 aliphatic rings. The van der Waals surface area contributed by atoms with Crippen LogP contribution in [0, 0.1) is 0 Å². The zero-order valence-corrected chi connectivity index (χ0v) is 16.9. The third-order valence-electron chi connectivity index (χ3n) is 4.68. The Kier molecular flexibility index (Phi) is 9.06. The molecule has 1 unspecified atom stereocenters. The number of carbonyl (C=O) groups excluding carboxylic acids is 1. The van der Waals surface area contributed by atoms with Gasteiger partial charge in [-0.05, 0) is 49.1 Å². The molecule has 0 saturated heterocycles. The second-order valence-corrected chi connectivity index (χ2v) is 6.94. The van der Waals surface area contributed by atoms with E-state index in [0.29, 0.717) is 11.3 Å². The maximum absolute atomic E-state index is 12.5. The van der Waals surface area contributed by atoms with Crippen LogP contribution in [0.1, 0.15) is 80.5 Å². The fourth-order valence-corrected chi connectivity index (χ4v) is 3.01. The number of rotatable bonds is 11. The summed E-state index contributed by atoms with van der Waals surface area (Å²) >= 11 is 0. The van der Waals surface area contributed by atoms with Gasteiger partial charge in [0.1, 0.15) is 5.75 Å². The average molecular weight is 369 g/mol. The molecule has 0 fully saturated rings. The van der Waals surface area contributed by atoms with Crippen molar-refractivity contribution in [2.24, 2.45) is 0 Å². The number of carbonyl (C=O) groups is 1. The number of para-hydroxylation sites is 1. The van der Waals surface area contributed by atoms with E-state index in [1.807, 2.05) is 55.5 Å². The number of ether oxygens (including phenoxy) is 2. The van der Waals surface area contributed by atoms with E-state index in [-0.39, 0.29) is 12.1 Å². The van der Waals surface area contributed by atoms with Gasteiger partial charge in [0.25, 0.3) is 0 Å². The minimum absolute atomic E-state index is 0.0296. The molecular weight excluding hydrogens is 336 g/mol. The summed E-state index contributed by atoms with van der Waals surface area (Å²) in [5, 5.41) is 0. The van der Waals surface area contributed by atoms with Gasteiger partial charge in [-0.25, -0.2) is 4.79 Å². The molecule has 0 aromatic heterocycles. The quantitative estimate of drug-likeness (QED) is 0.257. The number of esters is 1. The largest absolute Gasteiger partial charge is 0.423 e. The first kappa shape index (κ1) is 21.2. The molecule has 0 spiro atoms. The Morgan fingerprint density at radius 3 is 2.37 bits per heavy atom. The number of unbranched alkanes of at least 4 members (excludes halogenated alkanes) is 3. The van der Waals surface area contributed by atoms with Gasteiger partial charge in [0, 0.05) is 6.61 Å². The van der Waals surface area contributed by atoms with E-state index in [2.05, 4.69) is 13.8 Å². The van der Waals surface area contributed by atoms with Crippen LogP contribution < -0.4 is 4.74 Å². The Labute approximate surface area is 163 Å². The highest BCUT2D eigenvalue weighted by Gasteiger charge is 2.12. The van der Waals surface area contributed by atoms with Crippen LogP contribution in [-0.2, 0) is 11.2 Å². The Morgan fingerprint density at radius 2 is 1.67 bits per heavy atom. The number of hydrogen-bond donors (Lipinski definition) is 0. The molecule has 0 radical (unpaired) electrons. The standard InChI is InChI=1S/C24H32O3/c1-4-6-7-10-18-26-19(3)20-14-16-22(17-15-20)24(25)27-23-13-9-8-12-21(23)11-5-2/h8-9,12-17,19H,4-7,10-11,18H2,1-3H3. The van der Waals surface area contributed by atoms with Crippen molar-refractivity contribution in [3.63, 3.8) is 0 Å². The van der Waals surface area contributed by atoms with Gasteiger partial charge >= 0.3 is 5.97 Å². The van der Waals surface area contributed by atoms with Gasteiger partial charge in [0.05, 0.1) is 11.7 Å². The van der Waals surface area contributed by atoms with Crippen LogP contribution in [0.25, 0.3) is 0 Å². The average Bonchev–Trinajstić information content (AvgIpc) is 2.69. The summed E-state index contributed by atoms with van der Waals surface area (Å²) in [5.41, 5.74) is 2.70. The topological polar surface area (TPSA) is 35.5 Å². The van der Waals surface area contributed by atoms with Crippen molar-refractivity contribution in [2.45, 2.75) is 65.4 Å². The van der Waals surface area contributed by atoms with Crippen molar-refractivity contribution in [1.82, 2.24) is 0 Å². The highest BCUT2D eigenvalue weighted by Crippen LogP contribution is 2.22. The summed E-state index contributed by atoms with van der Waals surface area (Å²) in [4.78, 5) is 12.5. The van der Waals surface area contributed by atoms with Crippen LogP contribution in [0.5, 0.6) is 5.75 Å². The van der Waals surface area contributed by atoms with Gasteiger partial charge in [-0.3, -0.25) is 0 Å². The molecule has 2 rings (SSSR count). The molecule has 146 valence electrons. The molecule has 2 aromatic rings. The molecule has 2 aromatic carbocycles. The van der Waals surface area contributed by atoms with Crippen molar-refractivity contribution in [3.8, 4) is 5.75 Å². The van der Waals surface area contributed by atoms with Gasteiger partial charge in [-0.1, -0.05) is 69.9 Å². The molecule has 3 nitrogen and oxygen atoms in total. The van der Waals surface area contributed by atoms with E-state index >= 15 is 0 Å². The lowest BCUT2D eigenvalue weighted by Crippen LogP contribution is -2.10. The van der Waals surface area contributed by atoms with Crippen molar-refractivity contribution in [2.75, 3.05) is 6.61 Å². The molecule has 0 amide bonds. The monoisotopic (exact) mass is 368 g/mol. The van der Waals surface area contributed by atoms with Gasteiger partial charge in [0.15, 0.2) is 0 Å². The van der Waals surface area contributed by atoms with Crippen molar-refractivity contribution in [3.05, 3.63) is 65.2 Å². The van der Waals surface area contributed by atoms with E-state index in [1.165, 1.54) is 19.3 Å². The maximum atomic E-state index is 12.5. The highest BCUT2D eigenvalue weighted by molar-refractivity contribution is 5.91. The van der Waals surface area contributed by atoms with Crippen LogP contribution in [0.15, 0.2) is 48.5 Å². The first-order valence-corrected chi connectivity index (χ1v) is 10.2. The summed E-state index contributed by atoms with van der Waals surface area (Å²) in [6.07, 6.45) is 6.75. The second kappa shape index (κ2) is 11.6. The molecule has 0 saturated carbocycles. The number of benzene rings is 2. The van der Waals surface area contributed by atoms with Gasteiger partial charge in [-0.2, -0.15) is 0 Å². The summed E-state index contributed by atoms with van der Waals surface area (Å²) in [7, 11) is 0. The molecule has 1 atom stereocenters. The van der Waals surface area contributed by atoms with Crippen molar-refractivity contribution < 1.29 is 14.3 Å². The molecule has 0 heterocycles. The highest BCUT2D eigenvalue weighted by atomic mass is 16.5. The SMILES string of the molecule is CCCCCCOC(C)c1ccc(C(=O)Oc2ccccc2CCC)cc1. The molecule has 0 N–H and O–H groups in total. The van der Waals surface area contributed by atoms with E-state index in [9.17, 15) is 4.79 Å². The van der Waals surface area contributed by atoms with E-state index < -0.39 is 0 Å². The van der Waals surface area contributed by atoms with E-state index in [1.54, 1.807) is 0 Å². The predicted molar refractivity (Wildman–Crippen MR) is 110 cm³/mol. The Bertz CT molecular complexity index is 691. The van der Waals surface area contributed by atoms with Crippen LogP contribution in [0.3, 0.4) is 0 Å². The fraction of sp³-hybridized carbons (Fsp3) is 0.458.